The van der Waals surface area contributed by atoms with Crippen LogP contribution < -0.4 is 11.0 Å². The van der Waals surface area contributed by atoms with Crippen molar-refractivity contribution in [2.24, 2.45) is 0 Å². The topological polar surface area (TPSA) is 81.3 Å². The molecule has 4 rings (SSSR count). The average Bonchev–Trinajstić information content (AvgIpc) is 2.99. The fraction of sp³-hybridized carbons (Fsp3) is 0.100. The van der Waals surface area contributed by atoms with Crippen molar-refractivity contribution < 1.29 is 9.18 Å². The lowest BCUT2D eigenvalue weighted by Gasteiger charge is -2.05. The maximum Gasteiger partial charge on any atom is 0.352 e. The quantitative estimate of drug-likeness (QED) is 0.593. The van der Waals surface area contributed by atoms with Gasteiger partial charge in [-0.2, -0.15) is 0 Å². The van der Waals surface area contributed by atoms with Gasteiger partial charge >= 0.3 is 5.69 Å². The first-order valence-electron chi connectivity index (χ1n) is 8.59. The monoisotopic (exact) mass is 377 g/mol. The van der Waals surface area contributed by atoms with Gasteiger partial charge in [-0.3, -0.25) is 4.79 Å². The standard InChI is InChI=1S/C20H16FN5O2/c1-13-11-17-24-25(12-18(27)23-16-9-7-15(21)8-10-16)20(28)26(17)19(22-13)14-5-3-2-4-6-14/h2-11H,12H2,1H3,(H,23,27). The Balaban J connectivity index is 1.69. The van der Waals surface area contributed by atoms with E-state index in [0.717, 1.165) is 10.2 Å². The number of nitrogens with one attached hydrogen (secondary N) is 1. The molecule has 0 atom stereocenters. The SMILES string of the molecule is Cc1cc2nn(CC(=O)Nc3ccc(F)cc3)c(=O)n2c(-c2ccccc2)n1. The highest BCUT2D eigenvalue weighted by Gasteiger charge is 2.16. The van der Waals surface area contributed by atoms with Gasteiger partial charge < -0.3 is 5.32 Å². The van der Waals surface area contributed by atoms with Gasteiger partial charge in [-0.25, -0.2) is 23.3 Å². The molecule has 0 aliphatic heterocycles. The molecule has 7 nitrogen and oxygen atoms in total. The van der Waals surface area contributed by atoms with E-state index in [1.54, 1.807) is 6.07 Å². The average molecular weight is 377 g/mol. The first-order valence-corrected chi connectivity index (χ1v) is 8.59. The minimum atomic E-state index is -0.462. The zero-order valence-corrected chi connectivity index (χ0v) is 15.0. The molecule has 0 radical (unpaired) electrons. The molecule has 4 aromatic rings. The predicted molar refractivity (Wildman–Crippen MR) is 102 cm³/mol. The summed E-state index contributed by atoms with van der Waals surface area (Å²) in [6.45, 7) is 1.54. The third kappa shape index (κ3) is 3.39. The van der Waals surface area contributed by atoms with E-state index in [4.69, 9.17) is 0 Å². The third-order valence-corrected chi connectivity index (χ3v) is 4.15. The van der Waals surface area contributed by atoms with Crippen LogP contribution in [0.15, 0.2) is 65.5 Å². The number of anilines is 1. The first-order chi connectivity index (χ1) is 13.5. The summed E-state index contributed by atoms with van der Waals surface area (Å²) >= 11 is 0. The summed E-state index contributed by atoms with van der Waals surface area (Å²) in [5.74, 6) is -0.375. The van der Waals surface area contributed by atoms with Crippen molar-refractivity contribution in [1.82, 2.24) is 19.2 Å². The lowest BCUT2D eigenvalue weighted by Crippen LogP contribution is -2.28. The van der Waals surface area contributed by atoms with E-state index in [0.29, 0.717) is 22.9 Å². The number of rotatable bonds is 4. The molecule has 0 saturated carbocycles. The second-order valence-corrected chi connectivity index (χ2v) is 6.28. The summed E-state index contributed by atoms with van der Waals surface area (Å²) in [6, 6.07) is 16.4. The van der Waals surface area contributed by atoms with Crippen molar-refractivity contribution in [3.05, 3.63) is 82.7 Å². The molecule has 2 heterocycles. The molecule has 8 heteroatoms. The minimum absolute atomic E-state index is 0.273. The van der Waals surface area contributed by atoms with Crippen molar-refractivity contribution >= 4 is 17.2 Å². The number of carbonyl (C=O) groups excluding carboxylic acids is 1. The number of nitrogens with zero attached hydrogens (tertiary/aromatic N) is 4. The largest absolute Gasteiger partial charge is 0.352 e. The van der Waals surface area contributed by atoms with Gasteiger partial charge in [-0.05, 0) is 31.2 Å². The van der Waals surface area contributed by atoms with Crippen LogP contribution in [0.3, 0.4) is 0 Å². The van der Waals surface area contributed by atoms with Gasteiger partial charge in [0.15, 0.2) is 5.65 Å². The molecule has 0 bridgehead atoms. The van der Waals surface area contributed by atoms with E-state index in [1.807, 2.05) is 37.3 Å². The van der Waals surface area contributed by atoms with Crippen molar-refractivity contribution in [3.63, 3.8) is 0 Å². The molecular weight excluding hydrogens is 361 g/mol. The van der Waals surface area contributed by atoms with E-state index >= 15 is 0 Å². The van der Waals surface area contributed by atoms with Gasteiger partial charge in [0.1, 0.15) is 18.2 Å². The smallest absolute Gasteiger partial charge is 0.324 e. The van der Waals surface area contributed by atoms with Crippen LogP contribution in [0.4, 0.5) is 10.1 Å². The second kappa shape index (κ2) is 7.07. The van der Waals surface area contributed by atoms with Crippen LogP contribution in [0.5, 0.6) is 0 Å². The number of aromatic nitrogens is 4. The van der Waals surface area contributed by atoms with Crippen molar-refractivity contribution in [2.45, 2.75) is 13.5 Å². The number of hydrogen-bond donors (Lipinski definition) is 1. The van der Waals surface area contributed by atoms with E-state index in [-0.39, 0.29) is 6.54 Å². The fourth-order valence-electron chi connectivity index (χ4n) is 2.91. The molecule has 1 amide bonds. The van der Waals surface area contributed by atoms with Crippen LogP contribution in [0.25, 0.3) is 17.0 Å². The normalized spacial score (nSPS) is 10.9. The highest BCUT2D eigenvalue weighted by molar-refractivity contribution is 5.90. The minimum Gasteiger partial charge on any atom is -0.324 e. The molecule has 140 valence electrons. The number of hydrogen-bond acceptors (Lipinski definition) is 4. The van der Waals surface area contributed by atoms with Crippen LogP contribution in [-0.2, 0) is 11.3 Å². The molecule has 0 unspecified atom stereocenters. The van der Waals surface area contributed by atoms with Crippen molar-refractivity contribution in [1.29, 1.82) is 0 Å². The number of amides is 1. The lowest BCUT2D eigenvalue weighted by atomic mass is 10.2. The van der Waals surface area contributed by atoms with Crippen LogP contribution in [0, 0.1) is 12.7 Å². The zero-order chi connectivity index (χ0) is 19.7. The van der Waals surface area contributed by atoms with Gasteiger partial charge in [0.25, 0.3) is 0 Å². The van der Waals surface area contributed by atoms with E-state index < -0.39 is 17.4 Å². The number of fused-ring (bicyclic) bond motifs is 1. The van der Waals surface area contributed by atoms with E-state index in [9.17, 15) is 14.0 Å². The van der Waals surface area contributed by atoms with Crippen LogP contribution in [0.1, 0.15) is 5.69 Å². The number of carbonyl (C=O) groups is 1. The highest BCUT2D eigenvalue weighted by atomic mass is 19.1. The number of aryl methyl sites for hydroxylation is 1. The summed E-state index contributed by atoms with van der Waals surface area (Å²) in [7, 11) is 0. The second-order valence-electron chi connectivity index (χ2n) is 6.28. The van der Waals surface area contributed by atoms with Gasteiger partial charge in [0.05, 0.1) is 0 Å². The van der Waals surface area contributed by atoms with Gasteiger partial charge in [0.2, 0.25) is 5.91 Å². The summed E-state index contributed by atoms with van der Waals surface area (Å²) in [6.07, 6.45) is 0. The number of benzene rings is 2. The summed E-state index contributed by atoms with van der Waals surface area (Å²) < 4.78 is 15.4. The first kappa shape index (κ1) is 17.6. The van der Waals surface area contributed by atoms with Crippen molar-refractivity contribution in [2.75, 3.05) is 5.32 Å². The summed E-state index contributed by atoms with van der Waals surface area (Å²) in [5.41, 5.74) is 1.86. The molecule has 0 fully saturated rings. The van der Waals surface area contributed by atoms with Gasteiger partial charge in [0, 0.05) is 23.0 Å². The predicted octanol–water partition coefficient (Wildman–Crippen LogP) is 2.64. The van der Waals surface area contributed by atoms with Gasteiger partial charge in [-0.1, -0.05) is 30.3 Å². The maximum atomic E-state index is 13.0. The van der Waals surface area contributed by atoms with E-state index in [2.05, 4.69) is 15.4 Å². The molecule has 0 spiro atoms. The Morgan fingerprint density at radius 1 is 1.11 bits per heavy atom. The highest BCUT2D eigenvalue weighted by Crippen LogP contribution is 2.17. The Bertz CT molecular complexity index is 1210. The molecule has 0 aliphatic carbocycles. The summed E-state index contributed by atoms with van der Waals surface area (Å²) in [5, 5.41) is 6.88. The Kier molecular flexibility index (Phi) is 4.44. The Labute approximate surface area is 159 Å². The molecule has 2 aromatic heterocycles. The maximum absolute atomic E-state index is 13.0. The molecular formula is C20H16FN5O2. The van der Waals surface area contributed by atoms with Crippen molar-refractivity contribution in [3.8, 4) is 11.4 Å². The molecule has 1 N–H and O–H groups in total. The van der Waals surface area contributed by atoms with Crippen LogP contribution >= 0.6 is 0 Å². The Morgan fingerprint density at radius 3 is 2.54 bits per heavy atom. The fourth-order valence-corrected chi connectivity index (χ4v) is 2.91. The molecule has 0 saturated heterocycles. The lowest BCUT2D eigenvalue weighted by molar-refractivity contribution is -0.117. The third-order valence-electron chi connectivity index (χ3n) is 4.15. The van der Waals surface area contributed by atoms with E-state index in [1.165, 1.54) is 28.7 Å². The van der Waals surface area contributed by atoms with Crippen LogP contribution in [-0.4, -0.2) is 25.1 Å². The number of halogens is 1. The molecule has 0 aliphatic rings. The van der Waals surface area contributed by atoms with Gasteiger partial charge in [-0.15, -0.1) is 5.10 Å². The Morgan fingerprint density at radius 2 is 1.82 bits per heavy atom. The Hall–Kier alpha value is -3.81. The van der Waals surface area contributed by atoms with Crippen LogP contribution in [0.2, 0.25) is 0 Å². The zero-order valence-electron chi connectivity index (χ0n) is 15.0. The summed E-state index contributed by atoms with van der Waals surface area (Å²) in [4.78, 5) is 29.6. The molecule has 28 heavy (non-hydrogen) atoms. The molecule has 2 aromatic carbocycles.